The van der Waals surface area contributed by atoms with E-state index in [9.17, 15) is 23.1 Å². The number of carbonyl (C=O) groups is 1. The number of benzene rings is 1. The van der Waals surface area contributed by atoms with Gasteiger partial charge in [-0.05, 0) is 12.5 Å². The first-order chi connectivity index (χ1) is 13.9. The van der Waals surface area contributed by atoms with Gasteiger partial charge in [-0.3, -0.25) is 9.89 Å². The van der Waals surface area contributed by atoms with Crippen LogP contribution in [0, 0.1) is 0 Å². The van der Waals surface area contributed by atoms with E-state index in [2.05, 4.69) is 4.99 Å². The van der Waals surface area contributed by atoms with Crippen LogP contribution in [-0.2, 0) is 16.1 Å². The molecule has 6 atom stereocenters. The zero-order valence-electron chi connectivity index (χ0n) is 15.9. The van der Waals surface area contributed by atoms with Gasteiger partial charge in [-0.2, -0.15) is 13.2 Å². The molecule has 0 unspecified atom stereocenters. The highest BCUT2D eigenvalue weighted by Gasteiger charge is 2.64. The minimum Gasteiger partial charge on any atom is -0.465 e. The molecule has 1 fully saturated rings. The standard InChI is InChI=1S/C18H20F4N2O5S/c1-17(27,18(20,21)22)13-12(28-8-9-6-4-3-5-7-9)10(19)11-14(29-13)30-15(23-11)24(2)16(25)26/h3-7,10-14,27H,8H2,1-2H3,(H,25,26)/t10-,11+,12-,13-,14+,17+/m0/s1. The van der Waals surface area contributed by atoms with Gasteiger partial charge in [-0.15, -0.1) is 0 Å². The van der Waals surface area contributed by atoms with E-state index in [0.717, 1.165) is 4.90 Å². The zero-order chi connectivity index (χ0) is 22.3. The number of ether oxygens (including phenoxy) is 2. The summed E-state index contributed by atoms with van der Waals surface area (Å²) in [6.45, 7) is 0.282. The lowest BCUT2D eigenvalue weighted by atomic mass is 9.87. The molecular formula is C18H20F4N2O5S. The lowest BCUT2D eigenvalue weighted by molar-refractivity contribution is -0.319. The number of aliphatic imine (C=N–C) groups is 1. The minimum absolute atomic E-state index is 0.116. The normalized spacial score (nSPS) is 30.9. The van der Waals surface area contributed by atoms with Crippen LogP contribution < -0.4 is 0 Å². The van der Waals surface area contributed by atoms with Crippen molar-refractivity contribution in [2.75, 3.05) is 7.05 Å². The number of nitrogens with zero attached hydrogens (tertiary/aromatic N) is 2. The first kappa shape index (κ1) is 22.8. The summed E-state index contributed by atoms with van der Waals surface area (Å²) in [5.74, 6) is 0. The Bertz CT molecular complexity index is 808. The van der Waals surface area contributed by atoms with Crippen molar-refractivity contribution >= 4 is 23.0 Å². The van der Waals surface area contributed by atoms with E-state index in [0.29, 0.717) is 24.2 Å². The van der Waals surface area contributed by atoms with Crippen LogP contribution in [0.3, 0.4) is 0 Å². The van der Waals surface area contributed by atoms with Gasteiger partial charge >= 0.3 is 12.3 Å². The third-order valence-corrected chi connectivity index (χ3v) is 6.18. The Labute approximate surface area is 173 Å². The molecule has 0 aromatic heterocycles. The number of fused-ring (bicyclic) bond motifs is 1. The van der Waals surface area contributed by atoms with Gasteiger partial charge < -0.3 is 19.7 Å². The summed E-state index contributed by atoms with van der Waals surface area (Å²) >= 11 is 0.681. The van der Waals surface area contributed by atoms with Crippen molar-refractivity contribution in [2.24, 2.45) is 4.99 Å². The number of halogens is 4. The van der Waals surface area contributed by atoms with Crippen molar-refractivity contribution < 1.29 is 42.0 Å². The number of rotatable bonds is 4. The quantitative estimate of drug-likeness (QED) is 0.683. The molecule has 2 N–H and O–H groups in total. The molecule has 0 bridgehead atoms. The highest BCUT2D eigenvalue weighted by atomic mass is 32.2. The van der Waals surface area contributed by atoms with Crippen LogP contribution in [-0.4, -0.2) is 75.1 Å². The molecule has 12 heteroatoms. The van der Waals surface area contributed by atoms with E-state index in [1.165, 1.54) is 7.05 Å². The Kier molecular flexibility index (Phi) is 6.33. The Morgan fingerprint density at radius 1 is 1.33 bits per heavy atom. The first-order valence-corrected chi connectivity index (χ1v) is 9.76. The van der Waals surface area contributed by atoms with Crippen LogP contribution in [0.2, 0.25) is 0 Å². The Morgan fingerprint density at radius 3 is 2.53 bits per heavy atom. The molecule has 2 heterocycles. The van der Waals surface area contributed by atoms with Crippen LogP contribution in [0.1, 0.15) is 12.5 Å². The molecule has 0 saturated carbocycles. The molecular weight excluding hydrogens is 432 g/mol. The summed E-state index contributed by atoms with van der Waals surface area (Å²) < 4.78 is 66.7. The molecule has 2 aliphatic heterocycles. The topological polar surface area (TPSA) is 91.6 Å². The maximum atomic E-state index is 15.3. The summed E-state index contributed by atoms with van der Waals surface area (Å²) in [6, 6.07) is 7.13. The Hall–Kier alpha value is -1.89. The van der Waals surface area contributed by atoms with Gasteiger partial charge in [0.1, 0.15) is 23.7 Å². The summed E-state index contributed by atoms with van der Waals surface area (Å²) in [4.78, 5) is 15.8. The maximum Gasteiger partial charge on any atom is 0.419 e. The monoisotopic (exact) mass is 452 g/mol. The number of thioether (sulfide) groups is 1. The predicted molar refractivity (Wildman–Crippen MR) is 99.9 cm³/mol. The average molecular weight is 452 g/mol. The second-order valence-corrected chi connectivity index (χ2v) is 8.20. The second-order valence-electron chi connectivity index (χ2n) is 7.14. The molecule has 2 aliphatic rings. The predicted octanol–water partition coefficient (Wildman–Crippen LogP) is 3.03. The maximum absolute atomic E-state index is 15.3. The minimum atomic E-state index is -5.12. The van der Waals surface area contributed by atoms with Crippen molar-refractivity contribution in [3.63, 3.8) is 0 Å². The highest BCUT2D eigenvalue weighted by molar-refractivity contribution is 8.14. The summed E-state index contributed by atoms with van der Waals surface area (Å²) in [5, 5.41) is 19.2. The third-order valence-electron chi connectivity index (χ3n) is 4.97. The lowest BCUT2D eigenvalue weighted by Crippen LogP contribution is -2.65. The molecule has 1 amide bonds. The zero-order valence-corrected chi connectivity index (χ0v) is 16.7. The number of alkyl halides is 4. The number of amides is 1. The molecule has 3 rings (SSSR count). The molecule has 0 spiro atoms. The number of carboxylic acid groups (broad SMARTS) is 1. The van der Waals surface area contributed by atoms with Crippen molar-refractivity contribution in [1.29, 1.82) is 0 Å². The van der Waals surface area contributed by atoms with E-state index in [1.807, 2.05) is 0 Å². The summed E-state index contributed by atoms with van der Waals surface area (Å²) in [6.07, 6.45) is -12.4. The number of amidine groups is 1. The molecule has 0 aliphatic carbocycles. The van der Waals surface area contributed by atoms with Crippen LogP contribution in [0.25, 0.3) is 0 Å². The molecule has 166 valence electrons. The van der Waals surface area contributed by atoms with Gasteiger partial charge in [0, 0.05) is 7.05 Å². The molecule has 30 heavy (non-hydrogen) atoms. The molecule has 1 aromatic rings. The SMILES string of the molecule is CN(C(=O)O)C1=N[C@@H]2[C@H](F)[C@H](OCc3ccccc3)[C@@H]([C@@](C)(O)C(F)(F)F)O[C@@H]2S1. The molecule has 7 nitrogen and oxygen atoms in total. The Balaban J connectivity index is 1.89. The van der Waals surface area contributed by atoms with Crippen molar-refractivity contribution in [3.05, 3.63) is 35.9 Å². The van der Waals surface area contributed by atoms with Crippen LogP contribution in [0.4, 0.5) is 22.4 Å². The third kappa shape index (κ3) is 4.27. The highest BCUT2D eigenvalue weighted by Crippen LogP contribution is 2.45. The van der Waals surface area contributed by atoms with Crippen LogP contribution in [0.5, 0.6) is 0 Å². The molecule has 1 saturated heterocycles. The van der Waals surface area contributed by atoms with Gasteiger partial charge in [0.25, 0.3) is 0 Å². The second kappa shape index (κ2) is 8.33. The van der Waals surface area contributed by atoms with Crippen LogP contribution in [0.15, 0.2) is 35.3 Å². The smallest absolute Gasteiger partial charge is 0.419 e. The fraction of sp³-hybridized carbons (Fsp3) is 0.556. The Morgan fingerprint density at radius 2 is 1.97 bits per heavy atom. The number of hydrogen-bond acceptors (Lipinski definition) is 6. The van der Waals surface area contributed by atoms with Crippen LogP contribution >= 0.6 is 11.8 Å². The van der Waals surface area contributed by atoms with E-state index < -0.39 is 47.7 Å². The lowest BCUT2D eigenvalue weighted by Gasteiger charge is -2.45. The van der Waals surface area contributed by atoms with Gasteiger partial charge in [0.2, 0.25) is 0 Å². The van der Waals surface area contributed by atoms with Gasteiger partial charge in [0.15, 0.2) is 16.9 Å². The largest absolute Gasteiger partial charge is 0.465 e. The number of hydrogen-bond donors (Lipinski definition) is 2. The molecule has 1 aromatic carbocycles. The summed E-state index contributed by atoms with van der Waals surface area (Å²) in [5.41, 5.74) is -4.06. The van der Waals surface area contributed by atoms with E-state index in [1.54, 1.807) is 30.3 Å². The fourth-order valence-electron chi connectivity index (χ4n) is 3.11. The number of aliphatic hydroxyl groups is 1. The van der Waals surface area contributed by atoms with E-state index >= 15 is 4.39 Å². The summed E-state index contributed by atoms with van der Waals surface area (Å²) in [7, 11) is 1.17. The molecule has 0 radical (unpaired) electrons. The van der Waals surface area contributed by atoms with E-state index in [-0.39, 0.29) is 11.8 Å². The van der Waals surface area contributed by atoms with Crippen molar-refractivity contribution in [3.8, 4) is 0 Å². The van der Waals surface area contributed by atoms with Crippen molar-refractivity contribution in [1.82, 2.24) is 4.90 Å². The van der Waals surface area contributed by atoms with Gasteiger partial charge in [-0.1, -0.05) is 42.1 Å². The van der Waals surface area contributed by atoms with Crippen molar-refractivity contribution in [2.45, 2.75) is 55.2 Å². The van der Waals surface area contributed by atoms with Gasteiger partial charge in [0.05, 0.1) is 6.61 Å². The fourth-order valence-corrected chi connectivity index (χ4v) is 4.26. The average Bonchev–Trinajstić information content (AvgIpc) is 3.10. The van der Waals surface area contributed by atoms with Gasteiger partial charge in [-0.25, -0.2) is 9.18 Å². The van der Waals surface area contributed by atoms with E-state index in [4.69, 9.17) is 14.6 Å². The first-order valence-electron chi connectivity index (χ1n) is 8.88.